The fourth-order valence-corrected chi connectivity index (χ4v) is 4.01. The van der Waals surface area contributed by atoms with Gasteiger partial charge in [-0.15, -0.1) is 0 Å². The van der Waals surface area contributed by atoms with Crippen molar-refractivity contribution in [3.05, 3.63) is 35.9 Å². The molecule has 0 radical (unpaired) electrons. The van der Waals surface area contributed by atoms with Gasteiger partial charge < -0.3 is 4.43 Å². The monoisotopic (exact) mass is 274 g/mol. The van der Waals surface area contributed by atoms with Crippen molar-refractivity contribution in [1.29, 1.82) is 5.26 Å². The van der Waals surface area contributed by atoms with Crippen LogP contribution in [0.2, 0.25) is 19.6 Å². The van der Waals surface area contributed by atoms with E-state index in [2.05, 4.69) is 25.7 Å². The van der Waals surface area contributed by atoms with E-state index >= 15 is 0 Å². The number of nitrogens with zero attached hydrogens (tertiary/aromatic N) is 1. The number of benzene rings is 1. The maximum absolute atomic E-state index is 9.95. The second-order valence-corrected chi connectivity index (χ2v) is 10.6. The molecular weight excluding hydrogens is 250 g/mol. The van der Waals surface area contributed by atoms with Crippen molar-refractivity contribution in [3.63, 3.8) is 0 Å². The molecule has 1 atom stereocenters. The van der Waals surface area contributed by atoms with Gasteiger partial charge in [-0.25, -0.2) is 0 Å². The van der Waals surface area contributed by atoms with E-state index in [0.717, 1.165) is 31.2 Å². The highest BCUT2D eigenvalue weighted by atomic mass is 28.4. The first-order chi connectivity index (χ1) is 9.33. The highest BCUT2D eigenvalue weighted by molar-refractivity contribution is 6.69. The average molecular weight is 274 g/mol. The van der Waals surface area contributed by atoms with Crippen LogP contribution in [0.4, 0.5) is 0 Å². The topological polar surface area (TPSA) is 33.0 Å². The third-order valence-electron chi connectivity index (χ3n) is 3.50. The summed E-state index contributed by atoms with van der Waals surface area (Å²) in [5.41, 5.74) is -0.295. The molecule has 0 saturated heterocycles. The molecule has 1 aliphatic carbocycles. The lowest BCUT2D eigenvalue weighted by Gasteiger charge is -2.38. The lowest BCUT2D eigenvalue weighted by atomic mass is 9.81. The van der Waals surface area contributed by atoms with Gasteiger partial charge in [0.1, 0.15) is 6.07 Å². The fraction of sp³-hybridized carbons (Fsp3) is 0.562. The summed E-state index contributed by atoms with van der Waals surface area (Å²) in [4.78, 5) is 0. The number of rotatable bonds is 4. The summed E-state index contributed by atoms with van der Waals surface area (Å²) in [6, 6.07) is 12.0. The summed E-state index contributed by atoms with van der Waals surface area (Å²) in [6.07, 6.45) is 3.49. The summed E-state index contributed by atoms with van der Waals surface area (Å²) >= 11 is 0. The van der Waals surface area contributed by atoms with Gasteiger partial charge in [-0.05, 0) is 38.0 Å². The summed E-state index contributed by atoms with van der Waals surface area (Å²) < 4.78 is 15.2. The van der Waals surface area contributed by atoms with Crippen molar-refractivity contribution in [1.82, 2.24) is 0 Å². The van der Waals surface area contributed by atoms with Crippen LogP contribution < -0.4 is 0 Å². The van der Waals surface area contributed by atoms with Crippen LogP contribution in [0.1, 0.15) is 32.6 Å². The molecule has 0 aromatic heterocycles. The SMILES string of the molecule is [2H]C1(C(C#N)(O[Si](C)(C)C)c2ccccc2)CCCC1. The summed E-state index contributed by atoms with van der Waals surface area (Å²) in [6.45, 7) is 6.25. The Morgan fingerprint density at radius 2 is 1.84 bits per heavy atom. The summed E-state index contributed by atoms with van der Waals surface area (Å²) in [5, 5.41) is 9.95. The van der Waals surface area contributed by atoms with Gasteiger partial charge in [-0.3, -0.25) is 0 Å². The van der Waals surface area contributed by atoms with Crippen LogP contribution in [0.15, 0.2) is 30.3 Å². The molecule has 1 fully saturated rings. The van der Waals surface area contributed by atoms with Crippen molar-refractivity contribution < 1.29 is 5.80 Å². The first kappa shape index (κ1) is 12.9. The van der Waals surface area contributed by atoms with Gasteiger partial charge in [-0.2, -0.15) is 5.26 Å². The summed E-state index contributed by atoms with van der Waals surface area (Å²) in [5.74, 6) is -0.830. The smallest absolute Gasteiger partial charge is 0.186 e. The van der Waals surface area contributed by atoms with Crippen molar-refractivity contribution in [2.75, 3.05) is 0 Å². The maximum Gasteiger partial charge on any atom is 0.186 e. The first-order valence-corrected chi connectivity index (χ1v) is 10.4. The van der Waals surface area contributed by atoms with E-state index < -0.39 is 19.8 Å². The molecule has 1 aromatic rings. The van der Waals surface area contributed by atoms with Gasteiger partial charge in [0.15, 0.2) is 13.9 Å². The molecule has 2 nitrogen and oxygen atoms in total. The van der Waals surface area contributed by atoms with Crippen LogP contribution in [0.3, 0.4) is 0 Å². The minimum atomic E-state index is -1.95. The molecule has 0 N–H and O–H groups in total. The Balaban J connectivity index is 2.56. The molecule has 19 heavy (non-hydrogen) atoms. The molecule has 0 spiro atoms. The Kier molecular flexibility index (Phi) is 3.72. The highest BCUT2D eigenvalue weighted by Gasteiger charge is 2.45. The van der Waals surface area contributed by atoms with Gasteiger partial charge in [0, 0.05) is 7.26 Å². The molecule has 102 valence electrons. The Morgan fingerprint density at radius 3 is 2.32 bits per heavy atom. The normalized spacial score (nSPS) is 22.3. The second-order valence-electron chi connectivity index (χ2n) is 6.18. The minimum absolute atomic E-state index is 0.736. The molecule has 0 heterocycles. The molecule has 0 aliphatic heterocycles. The largest absolute Gasteiger partial charge is 0.396 e. The molecule has 0 bridgehead atoms. The standard InChI is InChI=1S/C16H23NOSi/c1-19(2,3)18-16(13-17,15-11-7-8-12-15)14-9-5-4-6-10-14/h4-6,9-10,15H,7-8,11-12H2,1-3H3/i15D. The van der Waals surface area contributed by atoms with E-state index in [-0.39, 0.29) is 0 Å². The zero-order valence-corrected chi connectivity index (χ0v) is 13.1. The van der Waals surface area contributed by atoms with Gasteiger partial charge in [-0.1, -0.05) is 43.2 Å². The molecule has 1 saturated carbocycles. The van der Waals surface area contributed by atoms with Gasteiger partial charge in [0.25, 0.3) is 0 Å². The van der Waals surface area contributed by atoms with Crippen molar-refractivity contribution >= 4 is 8.32 Å². The molecule has 2 rings (SSSR count). The van der Waals surface area contributed by atoms with Crippen LogP contribution in [0.5, 0.6) is 0 Å². The fourth-order valence-electron chi connectivity index (χ4n) is 2.79. The lowest BCUT2D eigenvalue weighted by molar-refractivity contribution is 0.0540. The Labute approximate surface area is 118 Å². The molecular formula is C16H23NOSi. The van der Waals surface area contributed by atoms with Crippen LogP contribution in [-0.2, 0) is 10.0 Å². The second kappa shape index (κ2) is 5.48. The van der Waals surface area contributed by atoms with E-state index in [4.69, 9.17) is 5.80 Å². The van der Waals surface area contributed by atoms with Crippen LogP contribution in [-0.4, -0.2) is 8.32 Å². The molecule has 0 amide bonds. The van der Waals surface area contributed by atoms with Gasteiger partial charge in [0.2, 0.25) is 0 Å². The Morgan fingerprint density at radius 1 is 1.26 bits per heavy atom. The van der Waals surface area contributed by atoms with Gasteiger partial charge in [0.05, 0.1) is 0 Å². The quantitative estimate of drug-likeness (QED) is 0.760. The first-order valence-electron chi connectivity index (χ1n) is 7.50. The Hall–Kier alpha value is -1.11. The third kappa shape index (κ3) is 3.07. The van der Waals surface area contributed by atoms with E-state index in [1.807, 2.05) is 30.3 Å². The van der Waals surface area contributed by atoms with E-state index in [1.165, 1.54) is 0 Å². The average Bonchev–Trinajstić information content (AvgIpc) is 2.84. The van der Waals surface area contributed by atoms with E-state index in [1.54, 1.807) is 0 Å². The van der Waals surface area contributed by atoms with Crippen molar-refractivity contribution in [2.24, 2.45) is 5.89 Å². The zero-order chi connectivity index (χ0) is 14.9. The van der Waals surface area contributed by atoms with Crippen molar-refractivity contribution in [3.8, 4) is 6.07 Å². The van der Waals surface area contributed by atoms with Crippen molar-refractivity contribution in [2.45, 2.75) is 50.9 Å². The summed E-state index contributed by atoms with van der Waals surface area (Å²) in [7, 11) is -1.95. The lowest BCUT2D eigenvalue weighted by Crippen LogP contribution is -2.44. The zero-order valence-electron chi connectivity index (χ0n) is 13.1. The minimum Gasteiger partial charge on any atom is -0.396 e. The highest BCUT2D eigenvalue weighted by Crippen LogP contribution is 2.44. The molecule has 1 aromatic carbocycles. The van der Waals surface area contributed by atoms with Crippen LogP contribution >= 0.6 is 0 Å². The molecule has 3 heteroatoms. The maximum atomic E-state index is 9.95. The van der Waals surface area contributed by atoms with E-state index in [0.29, 0.717) is 0 Å². The van der Waals surface area contributed by atoms with E-state index in [9.17, 15) is 5.26 Å². The third-order valence-corrected chi connectivity index (χ3v) is 4.42. The van der Waals surface area contributed by atoms with Gasteiger partial charge >= 0.3 is 0 Å². The van der Waals surface area contributed by atoms with Crippen LogP contribution in [0, 0.1) is 17.2 Å². The number of hydrogen-bond acceptors (Lipinski definition) is 2. The predicted molar refractivity (Wildman–Crippen MR) is 80.1 cm³/mol. The van der Waals surface area contributed by atoms with Crippen LogP contribution in [0.25, 0.3) is 0 Å². The molecule has 1 aliphatic rings. The predicted octanol–water partition coefficient (Wildman–Crippen LogP) is 4.45. The number of nitriles is 1. The number of hydrogen-bond donors (Lipinski definition) is 0. The molecule has 1 unspecified atom stereocenters. The Bertz CT molecular complexity index is 499.